The number of rotatable bonds is 6. The molecule has 0 bridgehead atoms. The van der Waals surface area contributed by atoms with E-state index in [9.17, 15) is 0 Å². The average Bonchev–Trinajstić information content (AvgIpc) is 2.54. The van der Waals surface area contributed by atoms with Crippen molar-refractivity contribution in [3.63, 3.8) is 0 Å². The van der Waals surface area contributed by atoms with Gasteiger partial charge >= 0.3 is 0 Å². The largest absolute Gasteiger partial charge is 0.370 e. The van der Waals surface area contributed by atoms with Crippen LogP contribution in [0.1, 0.15) is 23.7 Å². The van der Waals surface area contributed by atoms with Crippen molar-refractivity contribution in [3.05, 3.63) is 65.5 Å². The number of aliphatic imine (C=N–C) groups is 1. The lowest BCUT2D eigenvalue weighted by Gasteiger charge is -2.07. The molecule has 4 nitrogen and oxygen atoms in total. The van der Waals surface area contributed by atoms with Gasteiger partial charge in [0.15, 0.2) is 5.96 Å². The summed E-state index contributed by atoms with van der Waals surface area (Å²) >= 11 is 0. The Morgan fingerprint density at radius 3 is 2.62 bits per heavy atom. The molecule has 0 amide bonds. The minimum absolute atomic E-state index is 0.483. The van der Waals surface area contributed by atoms with Crippen molar-refractivity contribution in [1.29, 1.82) is 0 Å². The highest BCUT2D eigenvalue weighted by molar-refractivity contribution is 5.77. The van der Waals surface area contributed by atoms with Crippen LogP contribution in [0.15, 0.2) is 53.7 Å². The Morgan fingerprint density at radius 1 is 1.14 bits per heavy atom. The van der Waals surface area contributed by atoms with Gasteiger partial charge in [0.1, 0.15) is 0 Å². The highest BCUT2D eigenvalue weighted by Gasteiger charge is 1.99. The average molecular weight is 282 g/mol. The van der Waals surface area contributed by atoms with E-state index in [2.05, 4.69) is 40.4 Å². The summed E-state index contributed by atoms with van der Waals surface area (Å²) in [7, 11) is 0. The summed E-state index contributed by atoms with van der Waals surface area (Å²) in [6.07, 6.45) is 3.65. The number of nitrogens with two attached hydrogens (primary N) is 1. The Morgan fingerprint density at radius 2 is 1.90 bits per heavy atom. The molecule has 0 aliphatic rings. The van der Waals surface area contributed by atoms with E-state index in [0.717, 1.165) is 25.1 Å². The number of hydrogen-bond donors (Lipinski definition) is 2. The zero-order chi connectivity index (χ0) is 14.9. The molecule has 2 rings (SSSR count). The SMILES string of the molecule is CCc1ccccc1CN=C(N)NCCc1ccccn1. The molecule has 4 heteroatoms. The Balaban J connectivity index is 1.81. The van der Waals surface area contributed by atoms with Gasteiger partial charge < -0.3 is 11.1 Å². The number of aromatic nitrogens is 1. The molecular weight excluding hydrogens is 260 g/mol. The summed E-state index contributed by atoms with van der Waals surface area (Å²) in [5.74, 6) is 0.483. The third kappa shape index (κ3) is 4.91. The first kappa shape index (κ1) is 15.0. The molecule has 1 aromatic heterocycles. The van der Waals surface area contributed by atoms with Crippen LogP contribution in [-0.4, -0.2) is 17.5 Å². The second kappa shape index (κ2) is 8.04. The van der Waals surface area contributed by atoms with Crippen LogP contribution in [0.5, 0.6) is 0 Å². The zero-order valence-corrected chi connectivity index (χ0v) is 12.4. The minimum Gasteiger partial charge on any atom is -0.370 e. The van der Waals surface area contributed by atoms with Crippen molar-refractivity contribution < 1.29 is 0 Å². The molecule has 0 saturated carbocycles. The van der Waals surface area contributed by atoms with Gasteiger partial charge in [0.2, 0.25) is 0 Å². The highest BCUT2D eigenvalue weighted by Crippen LogP contribution is 2.10. The number of nitrogens with one attached hydrogen (secondary N) is 1. The molecule has 1 aromatic carbocycles. The van der Waals surface area contributed by atoms with Gasteiger partial charge in [-0.25, -0.2) is 4.99 Å². The van der Waals surface area contributed by atoms with Gasteiger partial charge in [-0.3, -0.25) is 4.98 Å². The summed E-state index contributed by atoms with van der Waals surface area (Å²) in [6.45, 7) is 3.51. The lowest BCUT2D eigenvalue weighted by Crippen LogP contribution is -2.33. The molecular formula is C17H22N4. The molecule has 0 spiro atoms. The summed E-state index contributed by atoms with van der Waals surface area (Å²) in [5.41, 5.74) is 9.50. The third-order valence-electron chi connectivity index (χ3n) is 3.33. The van der Waals surface area contributed by atoms with E-state index in [1.165, 1.54) is 11.1 Å². The van der Waals surface area contributed by atoms with E-state index in [0.29, 0.717) is 12.5 Å². The predicted molar refractivity (Wildman–Crippen MR) is 87.1 cm³/mol. The highest BCUT2D eigenvalue weighted by atomic mass is 15.1. The van der Waals surface area contributed by atoms with Crippen LogP contribution in [0.2, 0.25) is 0 Å². The molecule has 110 valence electrons. The Bertz CT molecular complexity index is 578. The standard InChI is InChI=1S/C17H22N4/c1-2-14-7-3-4-8-15(14)13-21-17(18)20-12-10-16-9-5-6-11-19-16/h3-9,11H,2,10,12-13H2,1H3,(H3,18,20,21). The molecule has 1 heterocycles. The first-order valence-electron chi connectivity index (χ1n) is 7.30. The molecule has 0 aliphatic carbocycles. The Hall–Kier alpha value is -2.36. The number of benzene rings is 1. The monoisotopic (exact) mass is 282 g/mol. The number of pyridine rings is 1. The van der Waals surface area contributed by atoms with Crippen LogP contribution in [0, 0.1) is 0 Å². The van der Waals surface area contributed by atoms with Crippen LogP contribution < -0.4 is 11.1 Å². The van der Waals surface area contributed by atoms with Gasteiger partial charge in [0.25, 0.3) is 0 Å². The van der Waals surface area contributed by atoms with Gasteiger partial charge in [0, 0.05) is 24.9 Å². The smallest absolute Gasteiger partial charge is 0.188 e. The van der Waals surface area contributed by atoms with Crippen LogP contribution in [0.25, 0.3) is 0 Å². The second-order valence-corrected chi connectivity index (χ2v) is 4.82. The first-order chi connectivity index (χ1) is 10.3. The normalized spacial score (nSPS) is 11.4. The summed E-state index contributed by atoms with van der Waals surface area (Å²) in [5, 5.41) is 3.13. The number of aryl methyl sites for hydroxylation is 1. The number of hydrogen-bond acceptors (Lipinski definition) is 2. The topological polar surface area (TPSA) is 63.3 Å². The van der Waals surface area contributed by atoms with Crippen molar-refractivity contribution in [3.8, 4) is 0 Å². The molecule has 2 aromatic rings. The van der Waals surface area contributed by atoms with Crippen molar-refractivity contribution in [2.24, 2.45) is 10.7 Å². The quantitative estimate of drug-likeness (QED) is 0.631. The van der Waals surface area contributed by atoms with Gasteiger partial charge in [-0.1, -0.05) is 37.3 Å². The van der Waals surface area contributed by atoms with Crippen molar-refractivity contribution in [2.45, 2.75) is 26.3 Å². The van der Waals surface area contributed by atoms with E-state index >= 15 is 0 Å². The molecule has 0 saturated heterocycles. The van der Waals surface area contributed by atoms with Gasteiger partial charge in [-0.05, 0) is 29.7 Å². The molecule has 0 unspecified atom stereocenters. The van der Waals surface area contributed by atoms with Crippen LogP contribution >= 0.6 is 0 Å². The zero-order valence-electron chi connectivity index (χ0n) is 12.4. The Kier molecular flexibility index (Phi) is 5.76. The van der Waals surface area contributed by atoms with E-state index < -0.39 is 0 Å². The predicted octanol–water partition coefficient (Wildman–Crippen LogP) is 2.29. The Labute approximate surface area is 126 Å². The van der Waals surface area contributed by atoms with Crippen LogP contribution in [-0.2, 0) is 19.4 Å². The van der Waals surface area contributed by atoms with Gasteiger partial charge in [-0.15, -0.1) is 0 Å². The minimum atomic E-state index is 0.483. The number of nitrogens with zero attached hydrogens (tertiary/aromatic N) is 2. The fourth-order valence-electron chi connectivity index (χ4n) is 2.15. The fourth-order valence-corrected chi connectivity index (χ4v) is 2.15. The molecule has 0 aliphatic heterocycles. The van der Waals surface area contributed by atoms with Crippen molar-refractivity contribution in [2.75, 3.05) is 6.54 Å². The second-order valence-electron chi connectivity index (χ2n) is 4.82. The van der Waals surface area contributed by atoms with Gasteiger partial charge in [0.05, 0.1) is 6.54 Å². The molecule has 3 N–H and O–H groups in total. The third-order valence-corrected chi connectivity index (χ3v) is 3.33. The fraction of sp³-hybridized carbons (Fsp3) is 0.294. The van der Waals surface area contributed by atoms with E-state index in [1.54, 1.807) is 6.20 Å². The summed E-state index contributed by atoms with van der Waals surface area (Å²) < 4.78 is 0. The maximum Gasteiger partial charge on any atom is 0.188 e. The lowest BCUT2D eigenvalue weighted by molar-refractivity contribution is 0.826. The molecule has 0 radical (unpaired) electrons. The van der Waals surface area contributed by atoms with E-state index in [4.69, 9.17) is 5.73 Å². The van der Waals surface area contributed by atoms with E-state index in [-0.39, 0.29) is 0 Å². The number of guanidine groups is 1. The van der Waals surface area contributed by atoms with Crippen LogP contribution in [0.3, 0.4) is 0 Å². The summed E-state index contributed by atoms with van der Waals surface area (Å²) in [4.78, 5) is 8.67. The lowest BCUT2D eigenvalue weighted by atomic mass is 10.1. The molecule has 0 atom stereocenters. The van der Waals surface area contributed by atoms with Crippen molar-refractivity contribution in [1.82, 2.24) is 10.3 Å². The summed E-state index contributed by atoms with van der Waals surface area (Å²) in [6, 6.07) is 14.2. The first-order valence-corrected chi connectivity index (χ1v) is 7.30. The van der Waals surface area contributed by atoms with Gasteiger partial charge in [-0.2, -0.15) is 0 Å². The maximum absolute atomic E-state index is 5.90. The van der Waals surface area contributed by atoms with Crippen LogP contribution in [0.4, 0.5) is 0 Å². The molecule has 21 heavy (non-hydrogen) atoms. The van der Waals surface area contributed by atoms with Crippen molar-refractivity contribution >= 4 is 5.96 Å². The van der Waals surface area contributed by atoms with E-state index in [1.807, 2.05) is 24.3 Å². The maximum atomic E-state index is 5.90. The molecule has 0 fully saturated rings.